The maximum absolute atomic E-state index is 13.0. The van der Waals surface area contributed by atoms with Gasteiger partial charge in [0.25, 0.3) is 15.9 Å². The van der Waals surface area contributed by atoms with Crippen LogP contribution >= 0.6 is 23.2 Å². The standard InChI is InChI=1S/C27H26Cl2N4O4S/c1-3-30-25-18(2)5-4-6-24(25)38(36,37)31-21-9-7-20(8-10-21)27(35)33-13-11-32(12-14-33)17-19-15-22(28)26(34)23(29)16-19/h3-10,15-16,31,34H,1-2,11-14,17H2. The summed E-state index contributed by atoms with van der Waals surface area (Å²) in [4.78, 5) is 21.0. The lowest BCUT2D eigenvalue weighted by Gasteiger charge is -2.35. The average molecular weight is 574 g/mol. The van der Waals surface area contributed by atoms with Crippen LogP contribution < -0.4 is 4.72 Å². The first kappa shape index (κ1) is 27.7. The molecule has 2 aromatic rings. The fourth-order valence-corrected chi connectivity index (χ4v) is 5.96. The zero-order valence-electron chi connectivity index (χ0n) is 20.4. The van der Waals surface area contributed by atoms with Crippen molar-refractivity contribution in [3.63, 3.8) is 0 Å². The molecule has 0 saturated carbocycles. The zero-order valence-corrected chi connectivity index (χ0v) is 22.7. The second-order valence-electron chi connectivity index (χ2n) is 8.73. The molecule has 1 aliphatic carbocycles. The Kier molecular flexibility index (Phi) is 8.42. The van der Waals surface area contributed by atoms with Gasteiger partial charge in [-0.1, -0.05) is 48.5 Å². The Bertz CT molecular complexity index is 1450. The van der Waals surface area contributed by atoms with Gasteiger partial charge in [-0.15, -0.1) is 0 Å². The number of aliphatic imine (C=N–C) groups is 1. The van der Waals surface area contributed by atoms with E-state index in [-0.39, 0.29) is 32.3 Å². The maximum atomic E-state index is 13.0. The lowest BCUT2D eigenvalue weighted by Crippen LogP contribution is -2.48. The van der Waals surface area contributed by atoms with Gasteiger partial charge in [0.05, 0.1) is 15.8 Å². The van der Waals surface area contributed by atoms with E-state index in [0.717, 1.165) is 5.56 Å². The van der Waals surface area contributed by atoms with Gasteiger partial charge >= 0.3 is 0 Å². The van der Waals surface area contributed by atoms with Crippen LogP contribution in [0, 0.1) is 0 Å². The van der Waals surface area contributed by atoms with E-state index in [1.54, 1.807) is 53.5 Å². The third-order valence-electron chi connectivity index (χ3n) is 6.12. The van der Waals surface area contributed by atoms with Crippen LogP contribution in [0.5, 0.6) is 5.75 Å². The van der Waals surface area contributed by atoms with Crippen molar-refractivity contribution in [2.24, 2.45) is 4.99 Å². The zero-order chi connectivity index (χ0) is 27.4. The fourth-order valence-electron chi connectivity index (χ4n) is 4.17. The largest absolute Gasteiger partial charge is 0.505 e. The monoisotopic (exact) mass is 572 g/mol. The summed E-state index contributed by atoms with van der Waals surface area (Å²) in [6.45, 7) is 10.3. The number of nitrogens with zero attached hydrogens (tertiary/aromatic N) is 3. The summed E-state index contributed by atoms with van der Waals surface area (Å²) in [6, 6.07) is 9.66. The van der Waals surface area contributed by atoms with E-state index in [0.29, 0.717) is 49.5 Å². The highest BCUT2D eigenvalue weighted by Crippen LogP contribution is 2.33. The Labute approximate surface area is 231 Å². The average Bonchev–Trinajstić information content (AvgIpc) is 2.89. The lowest BCUT2D eigenvalue weighted by atomic mass is 10.1. The molecule has 1 amide bonds. The molecule has 1 fully saturated rings. The second kappa shape index (κ2) is 11.6. The topological polar surface area (TPSA) is 102 Å². The van der Waals surface area contributed by atoms with E-state index in [2.05, 4.69) is 27.8 Å². The minimum Gasteiger partial charge on any atom is -0.505 e. The summed E-state index contributed by atoms with van der Waals surface area (Å²) in [5, 5.41) is 10.1. The maximum Gasteiger partial charge on any atom is 0.264 e. The van der Waals surface area contributed by atoms with Crippen LogP contribution in [0.25, 0.3) is 0 Å². The van der Waals surface area contributed by atoms with Gasteiger partial charge in [-0.3, -0.25) is 19.4 Å². The molecule has 2 N–H and O–H groups in total. The van der Waals surface area contributed by atoms with Gasteiger partial charge in [0.2, 0.25) is 0 Å². The fraction of sp³-hybridized carbons (Fsp3) is 0.185. The molecule has 2 aromatic carbocycles. The number of anilines is 1. The number of allylic oxidation sites excluding steroid dienone is 5. The number of carbonyl (C=O) groups is 1. The Balaban J connectivity index is 1.36. The number of benzene rings is 2. The normalized spacial score (nSPS) is 17.4. The van der Waals surface area contributed by atoms with Crippen molar-refractivity contribution in [3.05, 3.63) is 106 Å². The van der Waals surface area contributed by atoms with Gasteiger partial charge in [0.1, 0.15) is 4.91 Å². The highest BCUT2D eigenvalue weighted by atomic mass is 35.5. The Hall–Kier alpha value is -3.37. The highest BCUT2D eigenvalue weighted by Gasteiger charge is 2.26. The Morgan fingerprint density at radius 2 is 1.74 bits per heavy atom. The summed E-state index contributed by atoms with van der Waals surface area (Å²) >= 11 is 12.0. The first-order valence-corrected chi connectivity index (χ1v) is 13.9. The number of amides is 1. The molecule has 4 rings (SSSR count). The molecule has 0 unspecified atom stereocenters. The number of hydrogen-bond acceptors (Lipinski definition) is 6. The molecule has 198 valence electrons. The Morgan fingerprint density at radius 3 is 2.34 bits per heavy atom. The van der Waals surface area contributed by atoms with Gasteiger partial charge in [-0.05, 0) is 53.6 Å². The number of carbonyl (C=O) groups excluding carboxylic acids is 1. The van der Waals surface area contributed by atoms with Crippen LogP contribution in [0.4, 0.5) is 5.69 Å². The van der Waals surface area contributed by atoms with Crippen molar-refractivity contribution < 1.29 is 18.3 Å². The minimum atomic E-state index is -3.94. The summed E-state index contributed by atoms with van der Waals surface area (Å²) < 4.78 is 28.5. The van der Waals surface area contributed by atoms with Gasteiger partial charge in [0, 0.05) is 50.2 Å². The summed E-state index contributed by atoms with van der Waals surface area (Å²) in [6.07, 6.45) is 5.97. The van der Waals surface area contributed by atoms with E-state index in [9.17, 15) is 18.3 Å². The smallest absolute Gasteiger partial charge is 0.264 e. The van der Waals surface area contributed by atoms with Crippen molar-refractivity contribution in [2.75, 3.05) is 30.9 Å². The predicted molar refractivity (Wildman–Crippen MR) is 152 cm³/mol. The van der Waals surface area contributed by atoms with Crippen LogP contribution in [-0.2, 0) is 16.6 Å². The van der Waals surface area contributed by atoms with Gasteiger partial charge in [-0.25, -0.2) is 8.42 Å². The molecule has 2 aliphatic rings. The van der Waals surface area contributed by atoms with E-state index in [1.165, 1.54) is 12.3 Å². The van der Waals surface area contributed by atoms with Crippen LogP contribution in [0.3, 0.4) is 0 Å². The number of nitrogens with one attached hydrogen (secondary N) is 1. The van der Waals surface area contributed by atoms with E-state index in [1.807, 2.05) is 0 Å². The van der Waals surface area contributed by atoms with E-state index >= 15 is 0 Å². The third kappa shape index (κ3) is 6.19. The summed E-state index contributed by atoms with van der Waals surface area (Å²) in [5.74, 6) is -0.265. The number of sulfonamides is 1. The molecule has 1 saturated heterocycles. The van der Waals surface area contributed by atoms with Gasteiger partial charge in [-0.2, -0.15) is 0 Å². The minimum absolute atomic E-state index is 0.0141. The molecule has 0 aromatic heterocycles. The quantitative estimate of drug-likeness (QED) is 0.486. The second-order valence-corrected chi connectivity index (χ2v) is 11.2. The molecule has 38 heavy (non-hydrogen) atoms. The highest BCUT2D eigenvalue weighted by molar-refractivity contribution is 7.97. The number of halogens is 2. The first-order valence-electron chi connectivity index (χ1n) is 11.7. The van der Waals surface area contributed by atoms with Gasteiger partial charge in [0.15, 0.2) is 5.75 Å². The number of rotatable bonds is 7. The SMILES string of the molecule is C=CN=C1C(=C)C=CC=C1S(=O)(=O)Nc1ccc(C(=O)N2CCN(Cc3cc(Cl)c(O)c(Cl)c3)CC2)cc1. The van der Waals surface area contributed by atoms with Crippen LogP contribution in [0.1, 0.15) is 15.9 Å². The number of phenols is 1. The summed E-state index contributed by atoms with van der Waals surface area (Å²) in [7, 11) is -3.94. The van der Waals surface area contributed by atoms with Crippen molar-refractivity contribution in [2.45, 2.75) is 6.54 Å². The van der Waals surface area contributed by atoms with Crippen molar-refractivity contribution in [3.8, 4) is 5.75 Å². The molecule has 1 heterocycles. The van der Waals surface area contributed by atoms with Crippen molar-refractivity contribution in [1.29, 1.82) is 0 Å². The molecule has 11 heteroatoms. The number of phenolic OH excluding ortho intramolecular Hbond substituents is 1. The molecule has 1 aliphatic heterocycles. The third-order valence-corrected chi connectivity index (χ3v) is 8.11. The van der Waals surface area contributed by atoms with Gasteiger partial charge < -0.3 is 10.0 Å². The molecule has 0 atom stereocenters. The lowest BCUT2D eigenvalue weighted by molar-refractivity contribution is 0.0628. The molecule has 0 bridgehead atoms. The molecular formula is C27H26Cl2N4O4S. The molecule has 0 radical (unpaired) electrons. The number of piperazine rings is 1. The number of aromatic hydroxyl groups is 1. The Morgan fingerprint density at radius 1 is 1.11 bits per heavy atom. The molecular weight excluding hydrogens is 547 g/mol. The van der Waals surface area contributed by atoms with Crippen LogP contribution in [-0.4, -0.2) is 61.1 Å². The van der Waals surface area contributed by atoms with Crippen molar-refractivity contribution in [1.82, 2.24) is 9.80 Å². The van der Waals surface area contributed by atoms with Crippen LogP contribution in [0.15, 0.2) is 89.5 Å². The summed E-state index contributed by atoms with van der Waals surface area (Å²) in [5.41, 5.74) is 2.34. The molecule has 0 spiro atoms. The van der Waals surface area contributed by atoms with E-state index in [4.69, 9.17) is 23.2 Å². The van der Waals surface area contributed by atoms with E-state index < -0.39 is 10.0 Å². The van der Waals surface area contributed by atoms with Crippen molar-refractivity contribution >= 4 is 50.5 Å². The molecule has 8 nitrogen and oxygen atoms in total. The number of hydrogen-bond donors (Lipinski definition) is 2. The van der Waals surface area contributed by atoms with Crippen LogP contribution in [0.2, 0.25) is 10.0 Å². The first-order chi connectivity index (χ1) is 18.1. The predicted octanol–water partition coefficient (Wildman–Crippen LogP) is 4.99.